The molecule has 88 valence electrons. The fourth-order valence-corrected chi connectivity index (χ4v) is 1.29. The molecule has 3 N–H and O–H groups in total. The molecule has 1 rings (SSSR count). The topological polar surface area (TPSA) is 72.5 Å². The van der Waals surface area contributed by atoms with Crippen LogP contribution >= 0.6 is 11.6 Å². The van der Waals surface area contributed by atoms with Crippen LogP contribution in [0, 0.1) is 5.82 Å². The minimum absolute atomic E-state index is 0.0670. The van der Waals surface area contributed by atoms with Crippen molar-refractivity contribution in [1.82, 2.24) is 0 Å². The average Bonchev–Trinajstić information content (AvgIpc) is 2.29. The van der Waals surface area contributed by atoms with E-state index in [4.69, 9.17) is 17.3 Å². The van der Waals surface area contributed by atoms with E-state index in [1.54, 1.807) is 0 Å². The van der Waals surface area contributed by atoms with Gasteiger partial charge in [0.2, 0.25) is 0 Å². The number of ether oxygens (including phenoxy) is 1. The van der Waals surface area contributed by atoms with Crippen LogP contribution in [0.25, 0.3) is 0 Å². The molecule has 0 fully saturated rings. The molecule has 4 nitrogen and oxygen atoms in total. The number of aliphatic hydroxyl groups is 1. The van der Waals surface area contributed by atoms with E-state index in [-0.39, 0.29) is 10.6 Å². The number of esters is 1. The molecule has 0 aliphatic carbocycles. The molecule has 0 aliphatic rings. The number of benzene rings is 1. The van der Waals surface area contributed by atoms with Crippen molar-refractivity contribution in [3.05, 3.63) is 34.6 Å². The fraction of sp³-hybridized carbons (Fsp3) is 0.300. The molecule has 0 amide bonds. The maximum Gasteiger partial charge on any atom is 0.325 e. The van der Waals surface area contributed by atoms with Gasteiger partial charge in [0.1, 0.15) is 18.0 Å². The Bertz CT molecular complexity index is 400. The highest BCUT2D eigenvalue weighted by atomic mass is 35.5. The summed E-state index contributed by atoms with van der Waals surface area (Å²) in [5.74, 6) is -1.46. The molecule has 0 saturated heterocycles. The van der Waals surface area contributed by atoms with E-state index in [0.29, 0.717) is 0 Å². The van der Waals surface area contributed by atoms with Gasteiger partial charge in [-0.3, -0.25) is 4.79 Å². The van der Waals surface area contributed by atoms with Crippen LogP contribution in [-0.2, 0) is 9.53 Å². The van der Waals surface area contributed by atoms with E-state index in [0.717, 1.165) is 13.2 Å². The number of halogens is 2. The third-order valence-corrected chi connectivity index (χ3v) is 2.41. The summed E-state index contributed by atoms with van der Waals surface area (Å²) in [4.78, 5) is 11.1. The summed E-state index contributed by atoms with van der Waals surface area (Å²) >= 11 is 5.48. The van der Waals surface area contributed by atoms with E-state index in [2.05, 4.69) is 4.74 Å². The summed E-state index contributed by atoms with van der Waals surface area (Å²) in [6.07, 6.45) is -1.33. The molecule has 6 heteroatoms. The summed E-state index contributed by atoms with van der Waals surface area (Å²) in [5.41, 5.74) is 5.58. The highest BCUT2D eigenvalue weighted by Gasteiger charge is 2.25. The van der Waals surface area contributed by atoms with Gasteiger partial charge in [-0.1, -0.05) is 17.7 Å². The monoisotopic (exact) mass is 247 g/mol. The molecule has 0 spiro atoms. The van der Waals surface area contributed by atoms with Gasteiger partial charge in [0.05, 0.1) is 12.1 Å². The van der Waals surface area contributed by atoms with Gasteiger partial charge in [-0.25, -0.2) is 4.39 Å². The Morgan fingerprint density at radius 1 is 1.62 bits per heavy atom. The first-order valence-corrected chi connectivity index (χ1v) is 4.81. The SMILES string of the molecule is COC(=O)C(N)C(O)c1ccc(Cl)c(F)c1. The molecule has 0 saturated carbocycles. The average molecular weight is 248 g/mol. The van der Waals surface area contributed by atoms with Gasteiger partial charge in [0, 0.05) is 0 Å². The Labute approximate surface area is 96.8 Å². The molecular formula is C10H11ClFNO3. The van der Waals surface area contributed by atoms with Crippen LogP contribution in [0.3, 0.4) is 0 Å². The molecule has 2 unspecified atom stereocenters. The highest BCUT2D eigenvalue weighted by Crippen LogP contribution is 2.22. The molecule has 0 radical (unpaired) electrons. The zero-order valence-corrected chi connectivity index (χ0v) is 9.24. The van der Waals surface area contributed by atoms with Crippen molar-refractivity contribution in [3.8, 4) is 0 Å². The van der Waals surface area contributed by atoms with Crippen molar-refractivity contribution in [3.63, 3.8) is 0 Å². The van der Waals surface area contributed by atoms with Gasteiger partial charge in [-0.05, 0) is 17.7 Å². The van der Waals surface area contributed by atoms with Crippen LogP contribution < -0.4 is 5.73 Å². The number of hydrogen-bond donors (Lipinski definition) is 2. The first-order valence-electron chi connectivity index (χ1n) is 4.43. The number of methoxy groups -OCH3 is 1. The zero-order chi connectivity index (χ0) is 12.3. The van der Waals surface area contributed by atoms with E-state index < -0.39 is 23.9 Å². The van der Waals surface area contributed by atoms with Gasteiger partial charge >= 0.3 is 5.97 Å². The first kappa shape index (κ1) is 12.9. The van der Waals surface area contributed by atoms with Crippen molar-refractivity contribution >= 4 is 17.6 Å². The lowest BCUT2D eigenvalue weighted by atomic mass is 10.0. The van der Waals surface area contributed by atoms with Crippen LogP contribution in [0.1, 0.15) is 11.7 Å². The van der Waals surface area contributed by atoms with Gasteiger partial charge in [-0.2, -0.15) is 0 Å². The normalized spacial score (nSPS) is 14.3. The number of hydrogen-bond acceptors (Lipinski definition) is 4. The van der Waals surface area contributed by atoms with E-state index >= 15 is 0 Å². The van der Waals surface area contributed by atoms with E-state index in [9.17, 15) is 14.3 Å². The number of carbonyl (C=O) groups is 1. The number of aliphatic hydroxyl groups excluding tert-OH is 1. The number of carbonyl (C=O) groups excluding carboxylic acids is 1. The second-order valence-electron chi connectivity index (χ2n) is 3.17. The zero-order valence-electron chi connectivity index (χ0n) is 8.48. The van der Waals surface area contributed by atoms with Crippen LogP contribution in [0.5, 0.6) is 0 Å². The Morgan fingerprint density at radius 2 is 2.25 bits per heavy atom. The lowest BCUT2D eigenvalue weighted by molar-refractivity contribution is -0.145. The van der Waals surface area contributed by atoms with Crippen molar-refractivity contribution in [2.75, 3.05) is 7.11 Å². The number of nitrogens with two attached hydrogens (primary N) is 1. The van der Waals surface area contributed by atoms with Gasteiger partial charge in [-0.15, -0.1) is 0 Å². The van der Waals surface area contributed by atoms with Crippen LogP contribution in [0.15, 0.2) is 18.2 Å². The maximum absolute atomic E-state index is 13.1. The molecule has 0 bridgehead atoms. The number of rotatable bonds is 3. The predicted molar refractivity (Wildman–Crippen MR) is 56.4 cm³/mol. The molecule has 0 aromatic heterocycles. The third kappa shape index (κ3) is 2.69. The van der Waals surface area contributed by atoms with E-state index in [1.165, 1.54) is 12.1 Å². The Kier molecular flexibility index (Phi) is 4.23. The summed E-state index contributed by atoms with van der Waals surface area (Å²) in [5, 5.41) is 9.60. The lowest BCUT2D eigenvalue weighted by Gasteiger charge is -2.17. The third-order valence-electron chi connectivity index (χ3n) is 2.10. The first-order chi connectivity index (χ1) is 7.47. The molecular weight excluding hydrogens is 237 g/mol. The highest BCUT2D eigenvalue weighted by molar-refractivity contribution is 6.30. The predicted octanol–water partition coefficient (Wildman–Crippen LogP) is 1.01. The summed E-state index contributed by atoms with van der Waals surface area (Å²) in [7, 11) is 1.15. The Morgan fingerprint density at radius 3 is 2.75 bits per heavy atom. The van der Waals surface area contributed by atoms with Gasteiger partial charge < -0.3 is 15.6 Å². The second-order valence-corrected chi connectivity index (χ2v) is 3.57. The van der Waals surface area contributed by atoms with Gasteiger partial charge in [0.25, 0.3) is 0 Å². The molecule has 16 heavy (non-hydrogen) atoms. The Balaban J connectivity index is 2.91. The summed E-state index contributed by atoms with van der Waals surface area (Å²) < 4.78 is 17.5. The van der Waals surface area contributed by atoms with Crippen LogP contribution in [-0.4, -0.2) is 24.2 Å². The smallest absolute Gasteiger partial charge is 0.325 e. The van der Waals surface area contributed by atoms with Crippen molar-refractivity contribution in [2.24, 2.45) is 5.73 Å². The second kappa shape index (κ2) is 5.25. The van der Waals surface area contributed by atoms with Crippen LogP contribution in [0.4, 0.5) is 4.39 Å². The molecule has 1 aromatic carbocycles. The van der Waals surface area contributed by atoms with Gasteiger partial charge in [0.15, 0.2) is 0 Å². The largest absolute Gasteiger partial charge is 0.468 e. The molecule has 2 atom stereocenters. The lowest BCUT2D eigenvalue weighted by Crippen LogP contribution is -2.37. The van der Waals surface area contributed by atoms with E-state index in [1.807, 2.05) is 0 Å². The minimum Gasteiger partial charge on any atom is -0.468 e. The molecule has 0 aliphatic heterocycles. The van der Waals surface area contributed by atoms with Crippen LogP contribution in [0.2, 0.25) is 5.02 Å². The quantitative estimate of drug-likeness (QED) is 0.782. The molecule has 1 aromatic rings. The maximum atomic E-state index is 13.1. The molecule has 0 heterocycles. The van der Waals surface area contributed by atoms with Crippen molar-refractivity contribution < 1.29 is 19.0 Å². The Hall–Kier alpha value is -1.17. The standard InChI is InChI=1S/C10H11ClFNO3/c1-16-10(15)8(13)9(14)5-2-3-6(11)7(12)4-5/h2-4,8-9,14H,13H2,1H3. The van der Waals surface area contributed by atoms with Crippen molar-refractivity contribution in [1.29, 1.82) is 0 Å². The minimum atomic E-state index is -1.33. The fourth-order valence-electron chi connectivity index (χ4n) is 1.17. The summed E-state index contributed by atoms with van der Waals surface area (Å²) in [6.45, 7) is 0. The summed E-state index contributed by atoms with van der Waals surface area (Å²) in [6, 6.07) is 2.43. The van der Waals surface area contributed by atoms with Crippen molar-refractivity contribution in [2.45, 2.75) is 12.1 Å².